The number of likely N-dealkylation sites (tertiary alicyclic amines) is 1. The predicted octanol–water partition coefficient (Wildman–Crippen LogP) is 2.88. The van der Waals surface area contributed by atoms with Crippen molar-refractivity contribution in [2.24, 2.45) is 5.73 Å². The van der Waals surface area contributed by atoms with Gasteiger partial charge >= 0.3 is 0 Å². The van der Waals surface area contributed by atoms with Gasteiger partial charge in [0.25, 0.3) is 5.91 Å². The standard InChI is InChI=1S/C17H23N5O2.2ClH/c18-10-13-9-12(11-24-13)17(23)21-7-3-1-5-14(21)16-20-19-15-6-2-4-8-22(15)16;;/h9,11,14H,1-8,10,18H2;2*1H. The zero-order valence-electron chi connectivity index (χ0n) is 14.6. The third-order valence-electron chi connectivity index (χ3n) is 5.05. The van der Waals surface area contributed by atoms with Gasteiger partial charge in [0.15, 0.2) is 5.82 Å². The summed E-state index contributed by atoms with van der Waals surface area (Å²) in [6.45, 7) is 2.00. The van der Waals surface area contributed by atoms with Crippen LogP contribution >= 0.6 is 24.8 Å². The Morgan fingerprint density at radius 2 is 2.00 bits per heavy atom. The molecule has 4 rings (SSSR count). The number of halogens is 2. The number of aryl methyl sites for hydroxylation is 1. The summed E-state index contributed by atoms with van der Waals surface area (Å²) in [5.41, 5.74) is 6.15. The van der Waals surface area contributed by atoms with Crippen LogP contribution in [0.5, 0.6) is 0 Å². The summed E-state index contributed by atoms with van der Waals surface area (Å²) in [5.74, 6) is 2.63. The van der Waals surface area contributed by atoms with Gasteiger partial charge in [0.05, 0.1) is 18.2 Å². The molecule has 1 saturated heterocycles. The van der Waals surface area contributed by atoms with Crippen LogP contribution in [0.25, 0.3) is 0 Å². The minimum Gasteiger partial charge on any atom is -0.467 e. The Balaban J connectivity index is 0.00000121. The van der Waals surface area contributed by atoms with Crippen molar-refractivity contribution in [1.29, 1.82) is 0 Å². The highest BCUT2D eigenvalue weighted by atomic mass is 35.5. The lowest BCUT2D eigenvalue weighted by molar-refractivity contribution is 0.0593. The van der Waals surface area contributed by atoms with Crippen LogP contribution in [0.15, 0.2) is 16.7 Å². The van der Waals surface area contributed by atoms with Crippen LogP contribution in [-0.4, -0.2) is 32.1 Å². The molecule has 26 heavy (non-hydrogen) atoms. The predicted molar refractivity (Wildman–Crippen MR) is 102 cm³/mol. The fourth-order valence-electron chi connectivity index (χ4n) is 3.79. The summed E-state index contributed by atoms with van der Waals surface area (Å²) >= 11 is 0. The van der Waals surface area contributed by atoms with Gasteiger partial charge in [-0.3, -0.25) is 4.79 Å². The van der Waals surface area contributed by atoms with Crippen LogP contribution in [0, 0.1) is 0 Å². The van der Waals surface area contributed by atoms with Crippen LogP contribution in [0.1, 0.15) is 65.9 Å². The average Bonchev–Trinajstić information content (AvgIpc) is 3.28. The molecule has 144 valence electrons. The summed E-state index contributed by atoms with van der Waals surface area (Å²) in [5, 5.41) is 8.80. The zero-order valence-corrected chi connectivity index (χ0v) is 16.2. The van der Waals surface area contributed by atoms with E-state index in [9.17, 15) is 4.79 Å². The lowest BCUT2D eigenvalue weighted by Gasteiger charge is -2.35. The zero-order chi connectivity index (χ0) is 16.5. The van der Waals surface area contributed by atoms with Gasteiger partial charge in [-0.15, -0.1) is 35.0 Å². The third kappa shape index (κ3) is 3.75. The van der Waals surface area contributed by atoms with Crippen molar-refractivity contribution < 1.29 is 9.21 Å². The largest absolute Gasteiger partial charge is 0.467 e. The van der Waals surface area contributed by atoms with E-state index in [4.69, 9.17) is 10.2 Å². The first-order chi connectivity index (χ1) is 11.8. The maximum atomic E-state index is 13.0. The molecule has 2 aliphatic rings. The number of nitrogens with two attached hydrogens (primary N) is 1. The summed E-state index contributed by atoms with van der Waals surface area (Å²) in [4.78, 5) is 14.9. The Kier molecular flexibility index (Phi) is 7.08. The van der Waals surface area contributed by atoms with Gasteiger partial charge in [-0.2, -0.15) is 0 Å². The quantitative estimate of drug-likeness (QED) is 0.853. The second-order valence-corrected chi connectivity index (χ2v) is 6.60. The van der Waals surface area contributed by atoms with Crippen LogP contribution in [-0.2, 0) is 19.5 Å². The number of hydrogen-bond acceptors (Lipinski definition) is 5. The number of piperidine rings is 1. The molecule has 0 radical (unpaired) electrons. The number of nitrogens with zero attached hydrogens (tertiary/aromatic N) is 4. The van der Waals surface area contributed by atoms with Gasteiger partial charge < -0.3 is 19.6 Å². The van der Waals surface area contributed by atoms with Crippen LogP contribution in [0.4, 0.5) is 0 Å². The van der Waals surface area contributed by atoms with Crippen LogP contribution in [0.3, 0.4) is 0 Å². The number of amides is 1. The van der Waals surface area contributed by atoms with E-state index in [0.717, 1.165) is 56.8 Å². The molecular weight excluding hydrogens is 377 g/mol. The fourth-order valence-corrected chi connectivity index (χ4v) is 3.79. The first-order valence-electron chi connectivity index (χ1n) is 8.78. The fraction of sp³-hybridized carbons (Fsp3) is 0.588. The lowest BCUT2D eigenvalue weighted by Crippen LogP contribution is -2.39. The SMILES string of the molecule is Cl.Cl.NCc1cc(C(=O)N2CCCCC2c2nnc3n2CCCC3)co1. The second-order valence-electron chi connectivity index (χ2n) is 6.60. The molecule has 0 bridgehead atoms. The number of aromatic nitrogens is 3. The number of rotatable bonds is 3. The Morgan fingerprint density at radius 1 is 1.19 bits per heavy atom. The van der Waals surface area contributed by atoms with Crippen molar-refractivity contribution in [3.05, 3.63) is 35.3 Å². The van der Waals surface area contributed by atoms with E-state index >= 15 is 0 Å². The molecule has 2 aliphatic heterocycles. The molecule has 7 nitrogen and oxygen atoms in total. The second kappa shape index (κ2) is 8.88. The molecule has 0 aromatic carbocycles. The number of fused-ring (bicyclic) bond motifs is 1. The van der Waals surface area contributed by atoms with Crippen molar-refractivity contribution in [3.8, 4) is 0 Å². The summed E-state index contributed by atoms with van der Waals surface area (Å²) in [7, 11) is 0. The maximum Gasteiger partial charge on any atom is 0.257 e. The molecule has 0 spiro atoms. The molecule has 1 fully saturated rings. The van der Waals surface area contributed by atoms with Crippen molar-refractivity contribution in [2.45, 2.75) is 57.7 Å². The molecule has 0 aliphatic carbocycles. The Bertz CT molecular complexity index is 745. The van der Waals surface area contributed by atoms with Gasteiger partial charge in [-0.05, 0) is 38.2 Å². The molecule has 0 saturated carbocycles. The topological polar surface area (TPSA) is 90.2 Å². The number of hydrogen-bond donors (Lipinski definition) is 1. The van der Waals surface area contributed by atoms with E-state index in [1.807, 2.05) is 4.90 Å². The molecule has 4 heterocycles. The number of carbonyl (C=O) groups excluding carboxylic acids is 1. The van der Waals surface area contributed by atoms with E-state index in [0.29, 0.717) is 17.9 Å². The minimum atomic E-state index is -0.00342. The first kappa shape index (κ1) is 20.7. The third-order valence-corrected chi connectivity index (χ3v) is 5.05. The normalized spacial score (nSPS) is 19.3. The Labute approximate surface area is 165 Å². The van der Waals surface area contributed by atoms with E-state index in [2.05, 4.69) is 14.8 Å². The highest BCUT2D eigenvalue weighted by molar-refractivity contribution is 5.94. The van der Waals surface area contributed by atoms with Crippen molar-refractivity contribution in [3.63, 3.8) is 0 Å². The van der Waals surface area contributed by atoms with Gasteiger partial charge in [0.2, 0.25) is 0 Å². The molecule has 2 aromatic rings. The van der Waals surface area contributed by atoms with Gasteiger partial charge in [-0.25, -0.2) is 0 Å². The van der Waals surface area contributed by atoms with Crippen LogP contribution in [0.2, 0.25) is 0 Å². The molecule has 1 atom stereocenters. The molecule has 2 N–H and O–H groups in total. The highest BCUT2D eigenvalue weighted by Crippen LogP contribution is 2.33. The Morgan fingerprint density at radius 3 is 2.77 bits per heavy atom. The molecule has 9 heteroatoms. The average molecular weight is 402 g/mol. The minimum absolute atomic E-state index is 0. The molecule has 1 amide bonds. The van der Waals surface area contributed by atoms with E-state index in [1.54, 1.807) is 6.07 Å². The van der Waals surface area contributed by atoms with E-state index in [1.165, 1.54) is 12.7 Å². The number of carbonyl (C=O) groups is 1. The van der Waals surface area contributed by atoms with Gasteiger partial charge in [0, 0.05) is 19.5 Å². The van der Waals surface area contributed by atoms with Crippen LogP contribution < -0.4 is 5.73 Å². The summed E-state index contributed by atoms with van der Waals surface area (Å²) < 4.78 is 7.56. The molecule has 2 aromatic heterocycles. The van der Waals surface area contributed by atoms with Crippen molar-refractivity contribution in [1.82, 2.24) is 19.7 Å². The first-order valence-corrected chi connectivity index (χ1v) is 8.78. The van der Waals surface area contributed by atoms with Gasteiger partial charge in [-0.1, -0.05) is 0 Å². The highest BCUT2D eigenvalue weighted by Gasteiger charge is 2.33. The van der Waals surface area contributed by atoms with E-state index in [-0.39, 0.29) is 36.8 Å². The lowest BCUT2D eigenvalue weighted by atomic mass is 10.00. The monoisotopic (exact) mass is 401 g/mol. The summed E-state index contributed by atoms with van der Waals surface area (Å²) in [6, 6.07) is 1.75. The van der Waals surface area contributed by atoms with E-state index < -0.39 is 0 Å². The van der Waals surface area contributed by atoms with Gasteiger partial charge in [0.1, 0.15) is 17.8 Å². The smallest absolute Gasteiger partial charge is 0.257 e. The van der Waals surface area contributed by atoms with Crippen molar-refractivity contribution >= 4 is 30.7 Å². The number of furan rings is 1. The molecule has 1 unspecified atom stereocenters. The maximum absolute atomic E-state index is 13.0. The summed E-state index contributed by atoms with van der Waals surface area (Å²) in [6.07, 6.45) is 7.87. The molecular formula is C17H25Cl2N5O2. The van der Waals surface area contributed by atoms with Crippen molar-refractivity contribution in [2.75, 3.05) is 6.54 Å². The Hall–Kier alpha value is -1.57.